The molecular formula is C27H31N7O. The molecule has 0 saturated carbocycles. The van der Waals surface area contributed by atoms with Gasteiger partial charge in [0.2, 0.25) is 0 Å². The van der Waals surface area contributed by atoms with E-state index in [4.69, 9.17) is 9.84 Å². The van der Waals surface area contributed by atoms with Crippen LogP contribution in [-0.4, -0.2) is 65.7 Å². The van der Waals surface area contributed by atoms with Gasteiger partial charge in [-0.3, -0.25) is 4.99 Å². The average Bonchev–Trinajstić information content (AvgIpc) is 3.23. The highest BCUT2D eigenvalue weighted by molar-refractivity contribution is 5.99. The van der Waals surface area contributed by atoms with Crippen LogP contribution in [0.5, 0.6) is 5.75 Å². The Labute approximate surface area is 205 Å². The van der Waals surface area contributed by atoms with Crippen molar-refractivity contribution in [2.45, 2.75) is 26.4 Å². The van der Waals surface area contributed by atoms with Crippen LogP contribution in [0.1, 0.15) is 23.6 Å². The summed E-state index contributed by atoms with van der Waals surface area (Å²) >= 11 is 0. The van der Waals surface area contributed by atoms with Crippen LogP contribution in [0.2, 0.25) is 0 Å². The fourth-order valence-electron chi connectivity index (χ4n) is 4.73. The molecule has 0 fully saturated rings. The first-order chi connectivity index (χ1) is 17.0. The second-order valence-corrected chi connectivity index (χ2v) is 9.16. The lowest BCUT2D eigenvalue weighted by atomic mass is 9.97. The number of benzene rings is 2. The van der Waals surface area contributed by atoms with E-state index in [1.54, 1.807) is 6.33 Å². The molecule has 8 heteroatoms. The maximum Gasteiger partial charge on any atom is 0.164 e. The second-order valence-electron chi connectivity index (χ2n) is 9.16. The Bertz CT molecular complexity index is 1390. The van der Waals surface area contributed by atoms with E-state index in [2.05, 4.69) is 51.8 Å². The molecule has 180 valence electrons. The van der Waals surface area contributed by atoms with Crippen molar-refractivity contribution in [2.24, 2.45) is 4.99 Å². The molecule has 0 atom stereocenters. The third-order valence-corrected chi connectivity index (χ3v) is 6.44. The first-order valence-electron chi connectivity index (χ1n) is 11.9. The Morgan fingerprint density at radius 2 is 1.97 bits per heavy atom. The summed E-state index contributed by atoms with van der Waals surface area (Å²) in [5.41, 5.74) is 7.28. The van der Waals surface area contributed by atoms with E-state index in [-0.39, 0.29) is 0 Å². The normalized spacial score (nSPS) is 13.6. The molecule has 8 nitrogen and oxygen atoms in total. The fourth-order valence-corrected chi connectivity index (χ4v) is 4.73. The van der Waals surface area contributed by atoms with E-state index in [9.17, 15) is 0 Å². The van der Waals surface area contributed by atoms with E-state index in [1.807, 2.05) is 48.8 Å². The van der Waals surface area contributed by atoms with Crippen molar-refractivity contribution in [3.8, 4) is 17.0 Å². The fraction of sp³-hybridized carbons (Fsp3) is 0.333. The van der Waals surface area contributed by atoms with Gasteiger partial charge in [0.05, 0.1) is 18.5 Å². The monoisotopic (exact) mass is 469 g/mol. The van der Waals surface area contributed by atoms with Crippen LogP contribution < -0.4 is 9.64 Å². The molecule has 2 aromatic carbocycles. The number of likely N-dealkylation sites (N-methyl/N-ethyl adjacent to an activating group) is 1. The van der Waals surface area contributed by atoms with Crippen molar-refractivity contribution in [2.75, 3.05) is 39.2 Å². The molecular weight excluding hydrogens is 438 g/mol. The van der Waals surface area contributed by atoms with Crippen LogP contribution in [0.3, 0.4) is 0 Å². The number of ether oxygens (including phenoxy) is 1. The molecule has 3 heterocycles. The minimum absolute atomic E-state index is 0.565. The van der Waals surface area contributed by atoms with Crippen molar-refractivity contribution in [3.63, 3.8) is 0 Å². The Balaban J connectivity index is 1.62. The summed E-state index contributed by atoms with van der Waals surface area (Å²) in [6.45, 7) is 8.96. The second kappa shape index (κ2) is 9.46. The molecule has 0 unspecified atom stereocenters. The lowest BCUT2D eigenvalue weighted by molar-refractivity contribution is 0.313. The van der Waals surface area contributed by atoms with E-state index < -0.39 is 0 Å². The molecule has 2 aromatic heterocycles. The molecule has 5 rings (SSSR count). The largest absolute Gasteiger partial charge is 0.492 e. The Morgan fingerprint density at radius 1 is 1.11 bits per heavy atom. The number of fused-ring (bicyclic) bond motifs is 2. The van der Waals surface area contributed by atoms with Crippen LogP contribution in [-0.2, 0) is 19.5 Å². The van der Waals surface area contributed by atoms with E-state index in [0.717, 1.165) is 47.6 Å². The third-order valence-electron chi connectivity index (χ3n) is 6.44. The van der Waals surface area contributed by atoms with E-state index in [1.165, 1.54) is 16.7 Å². The average molecular weight is 470 g/mol. The topological polar surface area (TPSA) is 71.7 Å². The third kappa shape index (κ3) is 4.37. The highest BCUT2D eigenvalue weighted by atomic mass is 16.5. The summed E-state index contributed by atoms with van der Waals surface area (Å²) in [4.78, 5) is 17.7. The van der Waals surface area contributed by atoms with Gasteiger partial charge in [0, 0.05) is 32.7 Å². The van der Waals surface area contributed by atoms with Crippen LogP contribution in [0.4, 0.5) is 11.5 Å². The number of anilines is 1. The van der Waals surface area contributed by atoms with E-state index >= 15 is 0 Å². The smallest absolute Gasteiger partial charge is 0.164 e. The maximum absolute atomic E-state index is 5.71. The molecule has 0 aliphatic carbocycles. The highest BCUT2D eigenvalue weighted by Gasteiger charge is 2.21. The Hall–Kier alpha value is -3.78. The molecule has 35 heavy (non-hydrogen) atoms. The van der Waals surface area contributed by atoms with Crippen molar-refractivity contribution < 1.29 is 4.74 Å². The number of rotatable bonds is 7. The molecule has 0 spiro atoms. The van der Waals surface area contributed by atoms with Crippen molar-refractivity contribution >= 4 is 29.3 Å². The van der Waals surface area contributed by atoms with Crippen LogP contribution in [0.25, 0.3) is 22.3 Å². The van der Waals surface area contributed by atoms with Crippen LogP contribution >= 0.6 is 0 Å². The molecule has 1 aliphatic heterocycles. The summed E-state index contributed by atoms with van der Waals surface area (Å²) in [6.07, 6.45) is 2.68. The van der Waals surface area contributed by atoms with Gasteiger partial charge in [-0.25, -0.2) is 14.6 Å². The predicted molar refractivity (Wildman–Crippen MR) is 141 cm³/mol. The molecule has 4 aromatic rings. The lowest BCUT2D eigenvalue weighted by Crippen LogP contribution is -2.26. The number of nitrogens with zero attached hydrogens (tertiary/aromatic N) is 7. The zero-order valence-electron chi connectivity index (χ0n) is 20.8. The van der Waals surface area contributed by atoms with Crippen molar-refractivity contribution in [1.82, 2.24) is 24.6 Å². The van der Waals surface area contributed by atoms with Gasteiger partial charge in [0.1, 0.15) is 29.3 Å². The molecule has 0 N–H and O–H groups in total. The summed E-state index contributed by atoms with van der Waals surface area (Å²) in [7, 11) is 6.14. The molecule has 0 amide bonds. The van der Waals surface area contributed by atoms with Crippen LogP contribution in [0, 0.1) is 0 Å². The Morgan fingerprint density at radius 3 is 2.74 bits per heavy atom. The van der Waals surface area contributed by atoms with Gasteiger partial charge >= 0.3 is 0 Å². The summed E-state index contributed by atoms with van der Waals surface area (Å²) in [6, 6.07) is 12.7. The Kier molecular flexibility index (Phi) is 6.21. The zero-order chi connectivity index (χ0) is 24.5. The number of aliphatic imine (C=N–C) groups is 1. The van der Waals surface area contributed by atoms with Crippen molar-refractivity contribution in [3.05, 3.63) is 59.4 Å². The van der Waals surface area contributed by atoms with Gasteiger partial charge in [-0.05, 0) is 62.0 Å². The highest BCUT2D eigenvalue weighted by Crippen LogP contribution is 2.37. The summed E-state index contributed by atoms with van der Waals surface area (Å²) in [5.74, 6) is 1.53. The first-order valence-corrected chi connectivity index (χ1v) is 11.9. The van der Waals surface area contributed by atoms with E-state index in [0.29, 0.717) is 24.6 Å². The van der Waals surface area contributed by atoms with Crippen LogP contribution in [0.15, 0.2) is 47.7 Å². The lowest BCUT2D eigenvalue weighted by Gasteiger charge is -2.25. The van der Waals surface area contributed by atoms with Gasteiger partial charge in [-0.2, -0.15) is 5.10 Å². The predicted octanol–water partition coefficient (Wildman–Crippen LogP) is 4.33. The first kappa shape index (κ1) is 23.0. The number of hydrogen-bond acceptors (Lipinski definition) is 7. The van der Waals surface area contributed by atoms with Crippen molar-refractivity contribution in [1.29, 1.82) is 0 Å². The summed E-state index contributed by atoms with van der Waals surface area (Å²) in [5, 5.41) is 5.96. The minimum Gasteiger partial charge on any atom is -0.492 e. The quantitative estimate of drug-likeness (QED) is 0.375. The SMILES string of the molecule is C=Nc1cc(-c2nn(Cc3ccc4c(c3)CCN(C)C4)c3ncnc(N(C)C)c23)ccc1OCC. The summed E-state index contributed by atoms with van der Waals surface area (Å²) < 4.78 is 7.69. The minimum atomic E-state index is 0.565. The maximum atomic E-state index is 5.71. The van der Waals surface area contributed by atoms with Gasteiger partial charge < -0.3 is 14.5 Å². The molecule has 1 aliphatic rings. The number of hydrogen-bond donors (Lipinski definition) is 0. The van der Waals surface area contributed by atoms with Gasteiger partial charge in [0.15, 0.2) is 5.65 Å². The number of aromatic nitrogens is 4. The zero-order valence-corrected chi connectivity index (χ0v) is 20.8. The van der Waals surface area contributed by atoms with Gasteiger partial charge in [0.25, 0.3) is 0 Å². The van der Waals surface area contributed by atoms with Gasteiger partial charge in [-0.15, -0.1) is 0 Å². The molecule has 0 bridgehead atoms. The molecule has 0 radical (unpaired) electrons. The van der Waals surface area contributed by atoms with Gasteiger partial charge in [-0.1, -0.05) is 18.2 Å². The standard InChI is InChI=1S/C27H31N7O/c1-6-35-23-10-9-20(14-22(23)28-2)25-24-26(32(3)4)29-17-30-27(24)34(31-25)15-18-7-8-21-16-33(5)12-11-19(21)13-18/h7-10,13-14,17H,2,6,11-12,15-16H2,1,3-5H3. The molecule has 0 saturated heterocycles.